The molecule has 0 saturated heterocycles. The lowest BCUT2D eigenvalue weighted by molar-refractivity contribution is 0.107. The molecule has 112 valence electrons. The van der Waals surface area contributed by atoms with Gasteiger partial charge >= 0.3 is 0 Å². The summed E-state index contributed by atoms with van der Waals surface area (Å²) in [4.78, 5) is 0. The number of aliphatic hydroxyl groups is 1. The fourth-order valence-electron chi connectivity index (χ4n) is 2.31. The van der Waals surface area contributed by atoms with Gasteiger partial charge in [-0.15, -0.1) is 0 Å². The van der Waals surface area contributed by atoms with Crippen LogP contribution in [0.2, 0.25) is 0 Å². The highest BCUT2D eigenvalue weighted by molar-refractivity contribution is 5.41. The van der Waals surface area contributed by atoms with Gasteiger partial charge in [0.05, 0.1) is 0 Å². The van der Waals surface area contributed by atoms with Gasteiger partial charge in [0.2, 0.25) is 0 Å². The predicted octanol–water partition coefficient (Wildman–Crippen LogP) is 4.40. The Morgan fingerprint density at radius 2 is 1.71 bits per heavy atom. The van der Waals surface area contributed by atoms with Gasteiger partial charge in [-0.1, -0.05) is 63.2 Å². The number of aliphatic hydroxyl groups excluding tert-OH is 1. The monoisotopic (exact) mass is 284 g/mol. The van der Waals surface area contributed by atoms with Gasteiger partial charge in [-0.05, 0) is 35.1 Å². The number of ether oxygens (including phenoxy) is 1. The second-order valence-electron chi connectivity index (χ2n) is 6.49. The molecule has 21 heavy (non-hydrogen) atoms. The number of aryl methyl sites for hydroxylation is 1. The van der Waals surface area contributed by atoms with Crippen LogP contribution in [-0.4, -0.2) is 11.7 Å². The van der Waals surface area contributed by atoms with Crippen molar-refractivity contribution in [1.82, 2.24) is 0 Å². The molecule has 2 rings (SSSR count). The van der Waals surface area contributed by atoms with Crippen LogP contribution in [0.4, 0.5) is 0 Å². The van der Waals surface area contributed by atoms with Gasteiger partial charge in [0.1, 0.15) is 18.5 Å². The first-order valence-electron chi connectivity index (χ1n) is 7.35. The lowest BCUT2D eigenvalue weighted by atomic mass is 9.86. The molecule has 0 heterocycles. The molecule has 0 bridgehead atoms. The van der Waals surface area contributed by atoms with Crippen molar-refractivity contribution in [2.75, 3.05) is 6.61 Å². The number of rotatable bonds is 4. The maximum absolute atomic E-state index is 10.2. The zero-order valence-corrected chi connectivity index (χ0v) is 13.3. The van der Waals surface area contributed by atoms with E-state index >= 15 is 0 Å². The number of benzene rings is 2. The molecule has 0 aromatic heterocycles. The molecule has 0 radical (unpaired) electrons. The Morgan fingerprint density at radius 3 is 2.33 bits per heavy atom. The van der Waals surface area contributed by atoms with Crippen LogP contribution in [0.25, 0.3) is 0 Å². The van der Waals surface area contributed by atoms with E-state index in [1.165, 1.54) is 0 Å². The first-order chi connectivity index (χ1) is 9.88. The van der Waals surface area contributed by atoms with Crippen LogP contribution < -0.4 is 4.74 Å². The van der Waals surface area contributed by atoms with Gasteiger partial charge in [-0.25, -0.2) is 0 Å². The molecule has 2 aromatic rings. The third kappa shape index (κ3) is 4.08. The smallest absolute Gasteiger partial charge is 0.123 e. The first kappa shape index (κ1) is 15.6. The van der Waals surface area contributed by atoms with E-state index in [9.17, 15) is 5.11 Å². The quantitative estimate of drug-likeness (QED) is 0.901. The van der Waals surface area contributed by atoms with E-state index in [2.05, 4.69) is 32.9 Å². The molecule has 0 fully saturated rings. The fourth-order valence-corrected chi connectivity index (χ4v) is 2.31. The first-order valence-corrected chi connectivity index (χ1v) is 7.35. The van der Waals surface area contributed by atoms with Crippen molar-refractivity contribution < 1.29 is 9.84 Å². The molecule has 1 unspecified atom stereocenters. The molecule has 0 saturated carbocycles. The molecule has 0 spiro atoms. The standard InChI is InChI=1S/C19H24O2/c1-14-10-11-16(19(2,3)4)18(12-14)21-13-17(20)15-8-6-5-7-9-15/h5-12,17,20H,13H2,1-4H3. The molecule has 2 aromatic carbocycles. The Kier molecular flexibility index (Phi) is 4.69. The van der Waals surface area contributed by atoms with Crippen LogP contribution in [0, 0.1) is 6.92 Å². The minimum atomic E-state index is -0.612. The van der Waals surface area contributed by atoms with E-state index in [4.69, 9.17) is 4.74 Å². The van der Waals surface area contributed by atoms with Crippen molar-refractivity contribution in [3.05, 3.63) is 65.2 Å². The summed E-state index contributed by atoms with van der Waals surface area (Å²) in [5.74, 6) is 0.859. The van der Waals surface area contributed by atoms with E-state index in [-0.39, 0.29) is 12.0 Å². The Balaban J connectivity index is 2.15. The molecular formula is C19H24O2. The van der Waals surface area contributed by atoms with Crippen molar-refractivity contribution in [3.8, 4) is 5.75 Å². The second kappa shape index (κ2) is 6.31. The molecule has 0 aliphatic rings. The highest BCUT2D eigenvalue weighted by Crippen LogP contribution is 2.32. The average molecular weight is 284 g/mol. The summed E-state index contributed by atoms with van der Waals surface area (Å²) in [6.07, 6.45) is -0.612. The molecule has 1 atom stereocenters. The van der Waals surface area contributed by atoms with Crippen LogP contribution in [0.15, 0.2) is 48.5 Å². The normalized spacial score (nSPS) is 13.0. The van der Waals surface area contributed by atoms with Crippen molar-refractivity contribution in [3.63, 3.8) is 0 Å². The zero-order valence-electron chi connectivity index (χ0n) is 13.3. The average Bonchev–Trinajstić information content (AvgIpc) is 2.44. The van der Waals surface area contributed by atoms with Crippen LogP contribution >= 0.6 is 0 Å². The van der Waals surface area contributed by atoms with E-state index in [0.717, 1.165) is 22.4 Å². The Morgan fingerprint density at radius 1 is 1.05 bits per heavy atom. The molecule has 1 N–H and O–H groups in total. The molecule has 0 amide bonds. The maximum Gasteiger partial charge on any atom is 0.123 e. The highest BCUT2D eigenvalue weighted by Gasteiger charge is 2.19. The summed E-state index contributed by atoms with van der Waals surface area (Å²) in [6, 6.07) is 15.9. The summed E-state index contributed by atoms with van der Waals surface area (Å²) >= 11 is 0. The SMILES string of the molecule is Cc1ccc(C(C)(C)C)c(OCC(O)c2ccccc2)c1. The second-order valence-corrected chi connectivity index (χ2v) is 6.49. The summed E-state index contributed by atoms with van der Waals surface area (Å²) in [7, 11) is 0. The Bertz CT molecular complexity index is 582. The zero-order chi connectivity index (χ0) is 15.5. The van der Waals surface area contributed by atoms with E-state index in [0.29, 0.717) is 0 Å². The van der Waals surface area contributed by atoms with Crippen LogP contribution in [-0.2, 0) is 5.41 Å². The summed E-state index contributed by atoms with van der Waals surface area (Å²) in [5, 5.41) is 10.2. The van der Waals surface area contributed by atoms with Crippen molar-refractivity contribution in [2.45, 2.75) is 39.2 Å². The van der Waals surface area contributed by atoms with E-state index in [1.54, 1.807) is 0 Å². The van der Waals surface area contributed by atoms with Gasteiger partial charge in [-0.2, -0.15) is 0 Å². The van der Waals surface area contributed by atoms with Crippen molar-refractivity contribution in [2.24, 2.45) is 0 Å². The molecular weight excluding hydrogens is 260 g/mol. The van der Waals surface area contributed by atoms with Gasteiger partial charge in [0.15, 0.2) is 0 Å². The number of hydrogen-bond donors (Lipinski definition) is 1. The third-order valence-corrected chi connectivity index (χ3v) is 3.53. The lowest BCUT2D eigenvalue weighted by Gasteiger charge is -2.24. The minimum absolute atomic E-state index is 0.0146. The van der Waals surface area contributed by atoms with Crippen LogP contribution in [0.5, 0.6) is 5.75 Å². The molecule has 2 nitrogen and oxygen atoms in total. The van der Waals surface area contributed by atoms with E-state index in [1.807, 2.05) is 43.3 Å². The summed E-state index contributed by atoms with van der Waals surface area (Å²) in [5.41, 5.74) is 3.21. The van der Waals surface area contributed by atoms with Crippen molar-refractivity contribution >= 4 is 0 Å². The molecule has 0 aliphatic carbocycles. The lowest BCUT2D eigenvalue weighted by Crippen LogP contribution is -2.16. The molecule has 0 aliphatic heterocycles. The summed E-state index contributed by atoms with van der Waals surface area (Å²) < 4.78 is 5.91. The maximum atomic E-state index is 10.2. The largest absolute Gasteiger partial charge is 0.490 e. The minimum Gasteiger partial charge on any atom is -0.490 e. The number of hydrogen-bond acceptors (Lipinski definition) is 2. The van der Waals surface area contributed by atoms with Gasteiger partial charge in [0.25, 0.3) is 0 Å². The van der Waals surface area contributed by atoms with Crippen LogP contribution in [0.3, 0.4) is 0 Å². The Hall–Kier alpha value is -1.80. The Labute approximate surface area is 127 Å². The van der Waals surface area contributed by atoms with E-state index < -0.39 is 6.10 Å². The fraction of sp³-hybridized carbons (Fsp3) is 0.368. The van der Waals surface area contributed by atoms with Gasteiger partial charge < -0.3 is 9.84 Å². The summed E-state index contributed by atoms with van der Waals surface area (Å²) in [6.45, 7) is 8.80. The van der Waals surface area contributed by atoms with Gasteiger partial charge in [0, 0.05) is 0 Å². The van der Waals surface area contributed by atoms with Crippen molar-refractivity contribution in [1.29, 1.82) is 0 Å². The topological polar surface area (TPSA) is 29.5 Å². The van der Waals surface area contributed by atoms with Gasteiger partial charge in [-0.3, -0.25) is 0 Å². The predicted molar refractivity (Wildman–Crippen MR) is 86.8 cm³/mol. The third-order valence-electron chi connectivity index (χ3n) is 3.53. The molecule has 2 heteroatoms. The van der Waals surface area contributed by atoms with Crippen LogP contribution in [0.1, 0.15) is 43.6 Å². The highest BCUT2D eigenvalue weighted by atomic mass is 16.5.